The van der Waals surface area contributed by atoms with E-state index in [1.54, 1.807) is 0 Å². The summed E-state index contributed by atoms with van der Waals surface area (Å²) < 4.78 is 0. The van der Waals surface area contributed by atoms with Crippen LogP contribution in [0.3, 0.4) is 0 Å². The lowest BCUT2D eigenvalue weighted by molar-refractivity contribution is 0.590. The Bertz CT molecular complexity index is 1270. The molecule has 5 rings (SSSR count). The molecule has 0 aromatic heterocycles. The lowest BCUT2D eigenvalue weighted by Gasteiger charge is -2.25. The highest BCUT2D eigenvalue weighted by molar-refractivity contribution is 6.34. The van der Waals surface area contributed by atoms with E-state index in [9.17, 15) is 0 Å². The first-order valence-electron chi connectivity index (χ1n) is 11.0. The molecular weight excluding hydrogens is 396 g/mol. The number of hydrogen-bond donors (Lipinski definition) is 0. The molecule has 4 aromatic carbocycles. The molecule has 0 saturated carbocycles. The zero-order chi connectivity index (χ0) is 21.6. The Hall–Kier alpha value is -2.83. The number of hydrogen-bond acceptors (Lipinski definition) is 0. The highest BCUT2D eigenvalue weighted by Gasteiger charge is 2.22. The molecule has 0 fully saturated rings. The third-order valence-electron chi connectivity index (χ3n) is 6.45. The van der Waals surface area contributed by atoms with E-state index in [1.807, 2.05) is 6.07 Å². The summed E-state index contributed by atoms with van der Waals surface area (Å²) in [7, 11) is 0. The van der Waals surface area contributed by atoms with Gasteiger partial charge < -0.3 is 0 Å². The average Bonchev–Trinajstić information content (AvgIpc) is 2.77. The largest absolute Gasteiger partial charge is 0.0836 e. The minimum absolute atomic E-state index is 0.104. The van der Waals surface area contributed by atoms with Gasteiger partial charge in [0, 0.05) is 10.6 Å². The molecule has 1 heteroatoms. The summed E-state index contributed by atoms with van der Waals surface area (Å²) in [4.78, 5) is 0. The maximum atomic E-state index is 6.84. The summed E-state index contributed by atoms with van der Waals surface area (Å²) >= 11 is 6.84. The predicted octanol–water partition coefficient (Wildman–Crippen LogP) is 8.74. The third kappa shape index (κ3) is 3.60. The molecule has 0 saturated heterocycles. The van der Waals surface area contributed by atoms with Crippen molar-refractivity contribution < 1.29 is 0 Å². The van der Waals surface area contributed by atoms with Crippen molar-refractivity contribution in [2.75, 3.05) is 0 Å². The fraction of sp³-hybridized carbons (Fsp3) is 0.200. The molecule has 0 nitrogen and oxygen atoms in total. The minimum atomic E-state index is 0.104. The van der Waals surface area contributed by atoms with Gasteiger partial charge in [-0.2, -0.15) is 0 Å². The second kappa shape index (κ2) is 7.70. The van der Waals surface area contributed by atoms with Crippen LogP contribution in [0.5, 0.6) is 0 Å². The fourth-order valence-corrected chi connectivity index (χ4v) is 5.01. The van der Waals surface area contributed by atoms with Crippen LogP contribution in [-0.4, -0.2) is 0 Å². The third-order valence-corrected chi connectivity index (χ3v) is 6.76. The lowest BCUT2D eigenvalue weighted by atomic mass is 9.80. The van der Waals surface area contributed by atoms with Crippen LogP contribution < -0.4 is 0 Å². The van der Waals surface area contributed by atoms with Gasteiger partial charge >= 0.3 is 0 Å². The molecule has 154 valence electrons. The van der Waals surface area contributed by atoms with Gasteiger partial charge in [-0.05, 0) is 68.8 Å². The zero-order valence-electron chi connectivity index (χ0n) is 18.4. The molecule has 0 amide bonds. The Morgan fingerprint density at radius 1 is 0.581 bits per heavy atom. The molecule has 4 aromatic rings. The normalized spacial score (nSPS) is 12.9. The maximum Gasteiger partial charge on any atom is 0.0490 e. The highest BCUT2D eigenvalue weighted by atomic mass is 35.5. The van der Waals surface area contributed by atoms with E-state index in [-0.39, 0.29) is 5.41 Å². The van der Waals surface area contributed by atoms with Gasteiger partial charge in [0.1, 0.15) is 0 Å². The van der Waals surface area contributed by atoms with E-state index < -0.39 is 0 Å². The quantitative estimate of drug-likeness (QED) is 0.265. The molecule has 0 atom stereocenters. The molecule has 0 spiro atoms. The Labute approximate surface area is 190 Å². The van der Waals surface area contributed by atoms with Crippen LogP contribution in [0.1, 0.15) is 37.5 Å². The number of benzene rings is 4. The Kier molecular flexibility index (Phi) is 4.99. The molecule has 0 heterocycles. The van der Waals surface area contributed by atoms with Gasteiger partial charge in [0.05, 0.1) is 0 Å². The minimum Gasteiger partial charge on any atom is -0.0836 e. The van der Waals surface area contributed by atoms with Gasteiger partial charge in [-0.3, -0.25) is 0 Å². The van der Waals surface area contributed by atoms with Gasteiger partial charge in [0.2, 0.25) is 0 Å². The van der Waals surface area contributed by atoms with Crippen LogP contribution >= 0.6 is 11.6 Å². The SMILES string of the molecule is CC(C)(C)c1ccc2c(c1)-c1ccccc1-c1cccc(Cl)c1-c1ccccc1CC2. The van der Waals surface area contributed by atoms with E-state index in [2.05, 4.69) is 99.6 Å². The summed E-state index contributed by atoms with van der Waals surface area (Å²) in [6.45, 7) is 6.85. The molecule has 0 bridgehead atoms. The Morgan fingerprint density at radius 2 is 1.16 bits per heavy atom. The second-order valence-electron chi connectivity index (χ2n) is 9.49. The van der Waals surface area contributed by atoms with Crippen molar-refractivity contribution in [3.8, 4) is 33.4 Å². The zero-order valence-corrected chi connectivity index (χ0v) is 19.1. The number of fused-ring (bicyclic) bond motifs is 7. The first kappa shape index (κ1) is 20.1. The first-order valence-corrected chi connectivity index (χ1v) is 11.4. The van der Waals surface area contributed by atoms with E-state index in [1.165, 1.54) is 44.5 Å². The van der Waals surface area contributed by atoms with Crippen molar-refractivity contribution in [1.82, 2.24) is 0 Å². The molecule has 31 heavy (non-hydrogen) atoms. The molecule has 0 unspecified atom stereocenters. The van der Waals surface area contributed by atoms with Crippen LogP contribution in [0, 0.1) is 0 Å². The molecule has 0 N–H and O–H groups in total. The molecule has 0 aliphatic heterocycles. The lowest BCUT2D eigenvalue weighted by Crippen LogP contribution is -2.12. The Morgan fingerprint density at radius 3 is 1.87 bits per heavy atom. The summed E-state index contributed by atoms with van der Waals surface area (Å²) in [6.07, 6.45) is 2.00. The van der Waals surface area contributed by atoms with E-state index >= 15 is 0 Å². The Balaban J connectivity index is 1.88. The van der Waals surface area contributed by atoms with Gasteiger partial charge in [-0.15, -0.1) is 0 Å². The molecule has 1 aliphatic rings. The first-order chi connectivity index (χ1) is 14.9. The maximum absolute atomic E-state index is 6.84. The van der Waals surface area contributed by atoms with Gasteiger partial charge in [-0.25, -0.2) is 0 Å². The topological polar surface area (TPSA) is 0 Å². The smallest absolute Gasteiger partial charge is 0.0490 e. The number of aryl methyl sites for hydroxylation is 2. The van der Waals surface area contributed by atoms with Gasteiger partial charge in [0.15, 0.2) is 0 Å². The average molecular weight is 423 g/mol. The van der Waals surface area contributed by atoms with E-state index in [4.69, 9.17) is 11.6 Å². The van der Waals surface area contributed by atoms with Crippen molar-refractivity contribution in [3.05, 3.63) is 107 Å². The van der Waals surface area contributed by atoms with Crippen LogP contribution in [0.25, 0.3) is 33.4 Å². The summed E-state index contributed by atoms with van der Waals surface area (Å²) in [6, 6.07) is 30.9. The van der Waals surface area contributed by atoms with Crippen LogP contribution in [-0.2, 0) is 18.3 Å². The molecule has 0 radical (unpaired) electrons. The monoisotopic (exact) mass is 422 g/mol. The van der Waals surface area contributed by atoms with Crippen molar-refractivity contribution >= 4 is 11.6 Å². The second-order valence-corrected chi connectivity index (χ2v) is 9.89. The predicted molar refractivity (Wildman–Crippen MR) is 134 cm³/mol. The van der Waals surface area contributed by atoms with Gasteiger partial charge in [-0.1, -0.05) is 111 Å². The van der Waals surface area contributed by atoms with Crippen LogP contribution in [0.15, 0.2) is 84.9 Å². The van der Waals surface area contributed by atoms with Crippen molar-refractivity contribution in [2.45, 2.75) is 39.0 Å². The van der Waals surface area contributed by atoms with Gasteiger partial charge in [0.25, 0.3) is 0 Å². The summed E-state index contributed by atoms with van der Waals surface area (Å²) in [5.74, 6) is 0. The van der Waals surface area contributed by atoms with E-state index in [0.717, 1.165) is 23.4 Å². The van der Waals surface area contributed by atoms with Crippen molar-refractivity contribution in [3.63, 3.8) is 0 Å². The van der Waals surface area contributed by atoms with Crippen molar-refractivity contribution in [1.29, 1.82) is 0 Å². The standard InChI is InChI=1S/C30H27Cl/c1-30(2,3)22-18-17-21-16-15-20-9-4-5-10-23(20)29-26(13-8-14-28(29)31)24-11-6-7-12-25(24)27(21)19-22/h4-14,17-19H,15-16H2,1-3H3. The van der Waals surface area contributed by atoms with Crippen LogP contribution in [0.2, 0.25) is 5.02 Å². The summed E-state index contributed by atoms with van der Waals surface area (Å²) in [5, 5.41) is 0.809. The summed E-state index contributed by atoms with van der Waals surface area (Å²) in [5.41, 5.74) is 11.7. The number of halogens is 1. The van der Waals surface area contributed by atoms with Crippen molar-refractivity contribution in [2.24, 2.45) is 0 Å². The molecule has 1 aliphatic carbocycles. The fourth-order valence-electron chi connectivity index (χ4n) is 4.74. The molecular formula is C30H27Cl. The van der Waals surface area contributed by atoms with Crippen LogP contribution in [0.4, 0.5) is 0 Å². The van der Waals surface area contributed by atoms with E-state index in [0.29, 0.717) is 0 Å². The highest BCUT2D eigenvalue weighted by Crippen LogP contribution is 2.45. The number of rotatable bonds is 0.